The first-order chi connectivity index (χ1) is 7.83. The van der Waals surface area contributed by atoms with Gasteiger partial charge >= 0.3 is 0 Å². The van der Waals surface area contributed by atoms with E-state index in [9.17, 15) is 0 Å². The molecule has 5 heteroatoms. The molecule has 2 rings (SSSR count). The lowest BCUT2D eigenvalue weighted by atomic mass is 10.2. The van der Waals surface area contributed by atoms with Gasteiger partial charge in [0, 0.05) is 18.8 Å². The Kier molecular flexibility index (Phi) is 4.76. The molecule has 0 amide bonds. The first kappa shape index (κ1) is 12.5. The Balaban J connectivity index is 2.12. The Bertz CT molecular complexity index is 324. The standard InChI is InChI=1S/C11H17BrN2OS/c12-9-2-5-15-11(9)10(8-13)14-3-1-6-16-7-4-14/h2,5,10H,1,3-4,6-8,13H2. The topological polar surface area (TPSA) is 42.4 Å². The van der Waals surface area contributed by atoms with E-state index in [0.717, 1.165) is 23.3 Å². The van der Waals surface area contributed by atoms with E-state index >= 15 is 0 Å². The van der Waals surface area contributed by atoms with Crippen LogP contribution in [0.4, 0.5) is 0 Å². The van der Waals surface area contributed by atoms with Crippen LogP contribution >= 0.6 is 27.7 Å². The monoisotopic (exact) mass is 304 g/mol. The zero-order valence-corrected chi connectivity index (χ0v) is 11.6. The normalized spacial score (nSPS) is 20.6. The third-order valence-electron chi connectivity index (χ3n) is 2.87. The van der Waals surface area contributed by atoms with Crippen molar-refractivity contribution in [1.29, 1.82) is 0 Å². The van der Waals surface area contributed by atoms with Gasteiger partial charge in [-0.25, -0.2) is 0 Å². The van der Waals surface area contributed by atoms with Gasteiger partial charge in [0.05, 0.1) is 16.8 Å². The zero-order chi connectivity index (χ0) is 11.4. The van der Waals surface area contributed by atoms with E-state index in [2.05, 4.69) is 20.8 Å². The van der Waals surface area contributed by atoms with Crippen molar-refractivity contribution in [2.75, 3.05) is 31.1 Å². The summed E-state index contributed by atoms with van der Waals surface area (Å²) in [6.07, 6.45) is 2.95. The molecule has 1 aromatic rings. The molecule has 0 bridgehead atoms. The predicted molar refractivity (Wildman–Crippen MR) is 71.7 cm³/mol. The van der Waals surface area contributed by atoms with Crippen LogP contribution in [0.3, 0.4) is 0 Å². The summed E-state index contributed by atoms with van der Waals surface area (Å²) in [7, 11) is 0. The molecule has 0 radical (unpaired) electrons. The fourth-order valence-corrected chi connectivity index (χ4v) is 3.41. The molecule has 0 aliphatic carbocycles. The Hall–Kier alpha value is 0.0300. The van der Waals surface area contributed by atoms with E-state index in [4.69, 9.17) is 10.2 Å². The van der Waals surface area contributed by atoms with Crippen LogP contribution in [-0.2, 0) is 0 Å². The molecule has 0 saturated carbocycles. The van der Waals surface area contributed by atoms with Gasteiger partial charge in [-0.1, -0.05) is 0 Å². The lowest BCUT2D eigenvalue weighted by Gasteiger charge is -2.28. The number of nitrogens with two attached hydrogens (primary N) is 1. The van der Waals surface area contributed by atoms with Crippen molar-refractivity contribution < 1.29 is 4.42 Å². The number of furan rings is 1. The van der Waals surface area contributed by atoms with Crippen LogP contribution in [0.15, 0.2) is 21.2 Å². The second-order valence-electron chi connectivity index (χ2n) is 3.89. The fraction of sp³-hybridized carbons (Fsp3) is 0.636. The minimum Gasteiger partial charge on any atom is -0.466 e. The van der Waals surface area contributed by atoms with Gasteiger partial charge in [0.1, 0.15) is 5.76 Å². The van der Waals surface area contributed by atoms with Crippen molar-refractivity contribution in [3.8, 4) is 0 Å². The van der Waals surface area contributed by atoms with Crippen LogP contribution in [0.1, 0.15) is 18.2 Å². The molecule has 1 fully saturated rings. The van der Waals surface area contributed by atoms with Gasteiger partial charge in [0.2, 0.25) is 0 Å². The van der Waals surface area contributed by atoms with Crippen LogP contribution in [-0.4, -0.2) is 36.0 Å². The molecule has 0 spiro atoms. The molecule has 1 saturated heterocycles. The summed E-state index contributed by atoms with van der Waals surface area (Å²) in [4.78, 5) is 2.43. The molecule has 1 aromatic heterocycles. The average Bonchev–Trinajstić information content (AvgIpc) is 2.57. The molecule has 1 aliphatic heterocycles. The number of halogens is 1. The summed E-state index contributed by atoms with van der Waals surface area (Å²) < 4.78 is 6.56. The van der Waals surface area contributed by atoms with Crippen molar-refractivity contribution >= 4 is 27.7 Å². The second kappa shape index (κ2) is 6.10. The van der Waals surface area contributed by atoms with Gasteiger partial charge < -0.3 is 10.2 Å². The maximum atomic E-state index is 5.89. The van der Waals surface area contributed by atoms with Gasteiger partial charge in [-0.15, -0.1) is 0 Å². The Morgan fingerprint density at radius 1 is 1.50 bits per heavy atom. The highest BCUT2D eigenvalue weighted by Crippen LogP contribution is 2.29. The zero-order valence-electron chi connectivity index (χ0n) is 9.19. The summed E-state index contributed by atoms with van der Waals surface area (Å²) in [6, 6.07) is 2.15. The summed E-state index contributed by atoms with van der Waals surface area (Å²) in [5.41, 5.74) is 5.89. The first-order valence-corrected chi connectivity index (χ1v) is 7.52. The maximum Gasteiger partial charge on any atom is 0.136 e. The third-order valence-corrected chi connectivity index (χ3v) is 4.57. The van der Waals surface area contributed by atoms with Crippen LogP contribution < -0.4 is 5.73 Å². The summed E-state index contributed by atoms with van der Waals surface area (Å²) in [5.74, 6) is 3.41. The number of rotatable bonds is 3. The van der Waals surface area contributed by atoms with Gasteiger partial charge in [-0.3, -0.25) is 4.90 Å². The van der Waals surface area contributed by atoms with Crippen molar-refractivity contribution in [2.24, 2.45) is 5.73 Å². The quantitative estimate of drug-likeness (QED) is 0.931. The van der Waals surface area contributed by atoms with E-state index in [-0.39, 0.29) is 6.04 Å². The van der Waals surface area contributed by atoms with Crippen molar-refractivity contribution in [2.45, 2.75) is 12.5 Å². The maximum absolute atomic E-state index is 5.89. The minimum absolute atomic E-state index is 0.211. The molecule has 90 valence electrons. The highest BCUT2D eigenvalue weighted by Gasteiger charge is 2.24. The van der Waals surface area contributed by atoms with E-state index < -0.39 is 0 Å². The van der Waals surface area contributed by atoms with Crippen LogP contribution in [0.2, 0.25) is 0 Å². The summed E-state index contributed by atoms with van der Waals surface area (Å²) in [5, 5.41) is 0. The van der Waals surface area contributed by atoms with Crippen molar-refractivity contribution in [3.05, 3.63) is 22.6 Å². The van der Waals surface area contributed by atoms with E-state index in [0.29, 0.717) is 6.54 Å². The molecule has 1 atom stereocenters. The van der Waals surface area contributed by atoms with Gasteiger partial charge in [0.25, 0.3) is 0 Å². The smallest absolute Gasteiger partial charge is 0.136 e. The molecular formula is C11H17BrN2OS. The van der Waals surface area contributed by atoms with Crippen LogP contribution in [0.5, 0.6) is 0 Å². The van der Waals surface area contributed by atoms with Crippen LogP contribution in [0, 0.1) is 0 Å². The van der Waals surface area contributed by atoms with Crippen molar-refractivity contribution in [1.82, 2.24) is 4.90 Å². The van der Waals surface area contributed by atoms with E-state index in [1.165, 1.54) is 17.9 Å². The molecule has 2 N–H and O–H groups in total. The predicted octanol–water partition coefficient (Wildman–Crippen LogP) is 2.48. The number of nitrogens with zero attached hydrogens (tertiary/aromatic N) is 1. The molecule has 1 unspecified atom stereocenters. The molecule has 0 aromatic carbocycles. The minimum atomic E-state index is 0.211. The molecule has 2 heterocycles. The van der Waals surface area contributed by atoms with Gasteiger partial charge in [-0.2, -0.15) is 11.8 Å². The Morgan fingerprint density at radius 2 is 2.38 bits per heavy atom. The number of hydrogen-bond donors (Lipinski definition) is 1. The van der Waals surface area contributed by atoms with E-state index in [1.807, 2.05) is 17.8 Å². The number of thioether (sulfide) groups is 1. The third kappa shape index (κ3) is 2.83. The van der Waals surface area contributed by atoms with Crippen LogP contribution in [0.25, 0.3) is 0 Å². The fourth-order valence-electron chi connectivity index (χ4n) is 2.04. The lowest BCUT2D eigenvalue weighted by molar-refractivity contribution is 0.192. The van der Waals surface area contributed by atoms with Gasteiger partial charge in [0.15, 0.2) is 0 Å². The SMILES string of the molecule is NCC(c1occc1Br)N1CCCSCC1. The highest BCUT2D eigenvalue weighted by molar-refractivity contribution is 9.10. The molecule has 1 aliphatic rings. The van der Waals surface area contributed by atoms with E-state index in [1.54, 1.807) is 6.26 Å². The summed E-state index contributed by atoms with van der Waals surface area (Å²) >= 11 is 5.54. The molecule has 3 nitrogen and oxygen atoms in total. The first-order valence-electron chi connectivity index (χ1n) is 5.57. The number of hydrogen-bond acceptors (Lipinski definition) is 4. The highest BCUT2D eigenvalue weighted by atomic mass is 79.9. The largest absolute Gasteiger partial charge is 0.466 e. The molecular weight excluding hydrogens is 288 g/mol. The Morgan fingerprint density at radius 3 is 3.06 bits per heavy atom. The lowest BCUT2D eigenvalue weighted by Crippen LogP contribution is -2.35. The summed E-state index contributed by atoms with van der Waals surface area (Å²) in [6.45, 7) is 2.82. The van der Waals surface area contributed by atoms with Crippen molar-refractivity contribution in [3.63, 3.8) is 0 Å². The molecule has 16 heavy (non-hydrogen) atoms. The van der Waals surface area contributed by atoms with Gasteiger partial charge in [-0.05, 0) is 40.7 Å². The average molecular weight is 305 g/mol. The second-order valence-corrected chi connectivity index (χ2v) is 5.97. The Labute approximate surface area is 109 Å².